The van der Waals surface area contributed by atoms with Gasteiger partial charge in [-0.25, -0.2) is 9.97 Å². The van der Waals surface area contributed by atoms with E-state index in [1.54, 1.807) is 6.20 Å². The van der Waals surface area contributed by atoms with E-state index >= 15 is 0 Å². The van der Waals surface area contributed by atoms with Crippen molar-refractivity contribution >= 4 is 11.6 Å². The summed E-state index contributed by atoms with van der Waals surface area (Å²) in [5.74, 6) is 1.90. The molecule has 0 unspecified atom stereocenters. The molecule has 0 N–H and O–H groups in total. The van der Waals surface area contributed by atoms with Gasteiger partial charge in [0.2, 0.25) is 0 Å². The van der Waals surface area contributed by atoms with Crippen molar-refractivity contribution < 1.29 is 9.47 Å². The number of hydrogen-bond acceptors (Lipinski definition) is 4. The summed E-state index contributed by atoms with van der Waals surface area (Å²) in [5, 5.41) is 0.305. The van der Waals surface area contributed by atoms with Gasteiger partial charge in [-0.05, 0) is 36.2 Å². The molecule has 0 atom stereocenters. The quantitative estimate of drug-likeness (QED) is 0.229. The fourth-order valence-corrected chi connectivity index (χ4v) is 3.28. The molecule has 0 aliphatic carbocycles. The molecule has 30 heavy (non-hydrogen) atoms. The summed E-state index contributed by atoms with van der Waals surface area (Å²) in [6.07, 6.45) is 9.16. The van der Waals surface area contributed by atoms with Crippen molar-refractivity contribution in [1.82, 2.24) is 9.97 Å². The number of aromatic nitrogens is 2. The van der Waals surface area contributed by atoms with E-state index in [0.717, 1.165) is 29.9 Å². The Balaban J connectivity index is 1.49. The first-order chi connectivity index (χ1) is 14.8. The van der Waals surface area contributed by atoms with E-state index in [1.165, 1.54) is 32.1 Å². The molecule has 0 radical (unpaired) electrons. The first-order valence-corrected chi connectivity index (χ1v) is 11.1. The van der Waals surface area contributed by atoms with Crippen LogP contribution in [0, 0.1) is 0 Å². The molecule has 0 saturated carbocycles. The second kappa shape index (κ2) is 12.2. The Morgan fingerprint density at radius 2 is 1.57 bits per heavy atom. The number of hydrogen-bond donors (Lipinski definition) is 0. The molecule has 0 aliphatic heterocycles. The normalized spacial score (nSPS) is 10.7. The monoisotopic (exact) mass is 424 g/mol. The van der Waals surface area contributed by atoms with Gasteiger partial charge in [0.05, 0.1) is 12.8 Å². The molecule has 3 rings (SSSR count). The summed E-state index contributed by atoms with van der Waals surface area (Å²) in [6.45, 7) is 3.41. The molecular weight excluding hydrogens is 396 g/mol. The maximum Gasteiger partial charge on any atom is 0.175 e. The van der Waals surface area contributed by atoms with E-state index in [2.05, 4.69) is 16.9 Å². The molecule has 0 aliphatic rings. The minimum Gasteiger partial charge on any atom is -0.494 e. The highest BCUT2D eigenvalue weighted by molar-refractivity contribution is 6.30. The fourth-order valence-electron chi connectivity index (χ4n) is 3.09. The van der Waals surface area contributed by atoms with Crippen LogP contribution in [0.3, 0.4) is 0 Å². The number of rotatable bonds is 12. The highest BCUT2D eigenvalue weighted by Crippen LogP contribution is 2.26. The standard InChI is InChI=1S/C25H29ClN2O2/c1-2-3-4-5-6-10-17-29-22-15-13-21(14-16-22)25-27-18-23(24(26)28-25)30-19-20-11-8-7-9-12-20/h7-9,11-16,18H,2-6,10,17,19H2,1H3. The van der Waals surface area contributed by atoms with Crippen molar-refractivity contribution in [3.05, 3.63) is 71.5 Å². The van der Waals surface area contributed by atoms with Gasteiger partial charge in [0, 0.05) is 5.56 Å². The first kappa shape index (κ1) is 22.1. The highest BCUT2D eigenvalue weighted by Gasteiger charge is 2.09. The summed E-state index contributed by atoms with van der Waals surface area (Å²) < 4.78 is 11.6. The van der Waals surface area contributed by atoms with E-state index in [-0.39, 0.29) is 0 Å². The second-order valence-electron chi connectivity index (χ2n) is 7.26. The van der Waals surface area contributed by atoms with E-state index in [9.17, 15) is 0 Å². The Morgan fingerprint density at radius 3 is 2.30 bits per heavy atom. The van der Waals surface area contributed by atoms with Gasteiger partial charge >= 0.3 is 0 Å². The lowest BCUT2D eigenvalue weighted by Gasteiger charge is -2.09. The minimum absolute atomic E-state index is 0.305. The molecule has 0 fully saturated rings. The third kappa shape index (κ3) is 7.03. The SMILES string of the molecule is CCCCCCCCOc1ccc(-c2ncc(OCc3ccccc3)c(Cl)n2)cc1. The summed E-state index contributed by atoms with van der Waals surface area (Å²) in [5.41, 5.74) is 1.95. The summed E-state index contributed by atoms with van der Waals surface area (Å²) in [6, 6.07) is 17.7. The average molecular weight is 425 g/mol. The number of unbranched alkanes of at least 4 members (excludes halogenated alkanes) is 5. The molecule has 0 saturated heterocycles. The van der Waals surface area contributed by atoms with Crippen LogP contribution in [0.25, 0.3) is 11.4 Å². The van der Waals surface area contributed by atoms with Crippen LogP contribution in [0.1, 0.15) is 51.0 Å². The highest BCUT2D eigenvalue weighted by atomic mass is 35.5. The first-order valence-electron chi connectivity index (χ1n) is 10.7. The predicted molar refractivity (Wildman–Crippen MR) is 122 cm³/mol. The van der Waals surface area contributed by atoms with Crippen LogP contribution in [-0.2, 0) is 6.61 Å². The second-order valence-corrected chi connectivity index (χ2v) is 7.62. The number of benzene rings is 2. The summed E-state index contributed by atoms with van der Waals surface area (Å²) in [4.78, 5) is 8.79. The van der Waals surface area contributed by atoms with Gasteiger partial charge in [-0.15, -0.1) is 0 Å². The Labute approximate surface area is 184 Å². The van der Waals surface area contributed by atoms with Gasteiger partial charge in [-0.3, -0.25) is 0 Å². The van der Waals surface area contributed by atoms with Crippen molar-refractivity contribution in [2.24, 2.45) is 0 Å². The van der Waals surface area contributed by atoms with Crippen LogP contribution in [0.5, 0.6) is 11.5 Å². The van der Waals surface area contributed by atoms with Crippen LogP contribution in [0.15, 0.2) is 60.8 Å². The Kier molecular flexibility index (Phi) is 8.98. The zero-order chi connectivity index (χ0) is 21.0. The third-order valence-electron chi connectivity index (χ3n) is 4.83. The van der Waals surface area contributed by atoms with Crippen molar-refractivity contribution in [3.63, 3.8) is 0 Å². The molecule has 5 heteroatoms. The van der Waals surface area contributed by atoms with Crippen LogP contribution >= 0.6 is 11.6 Å². The van der Waals surface area contributed by atoms with Gasteiger partial charge in [0.25, 0.3) is 0 Å². The smallest absolute Gasteiger partial charge is 0.175 e. The summed E-state index contributed by atoms with van der Waals surface area (Å²) in [7, 11) is 0. The van der Waals surface area contributed by atoms with Crippen molar-refractivity contribution in [1.29, 1.82) is 0 Å². The number of halogens is 1. The van der Waals surface area contributed by atoms with Gasteiger partial charge in [0.1, 0.15) is 12.4 Å². The largest absolute Gasteiger partial charge is 0.494 e. The maximum absolute atomic E-state index is 6.31. The van der Waals surface area contributed by atoms with Crippen LogP contribution in [-0.4, -0.2) is 16.6 Å². The average Bonchev–Trinajstić information content (AvgIpc) is 2.79. The molecule has 2 aromatic carbocycles. The van der Waals surface area contributed by atoms with E-state index < -0.39 is 0 Å². The minimum atomic E-state index is 0.305. The predicted octanol–water partition coefficient (Wildman–Crippen LogP) is 7.12. The van der Waals surface area contributed by atoms with Crippen molar-refractivity contribution in [2.75, 3.05) is 6.61 Å². The summed E-state index contributed by atoms with van der Waals surface area (Å²) >= 11 is 6.31. The van der Waals surface area contributed by atoms with Gasteiger partial charge in [-0.2, -0.15) is 0 Å². The lowest BCUT2D eigenvalue weighted by molar-refractivity contribution is 0.304. The molecule has 4 nitrogen and oxygen atoms in total. The molecule has 0 spiro atoms. The van der Waals surface area contributed by atoms with Crippen LogP contribution in [0.4, 0.5) is 0 Å². The molecule has 1 heterocycles. The zero-order valence-electron chi connectivity index (χ0n) is 17.5. The number of ether oxygens (including phenoxy) is 2. The van der Waals surface area contributed by atoms with E-state index in [1.807, 2.05) is 54.6 Å². The molecule has 0 amide bonds. The van der Waals surface area contributed by atoms with Gasteiger partial charge in [-0.1, -0.05) is 81.0 Å². The van der Waals surface area contributed by atoms with Crippen LogP contribution < -0.4 is 9.47 Å². The van der Waals surface area contributed by atoms with Crippen molar-refractivity contribution in [3.8, 4) is 22.9 Å². The van der Waals surface area contributed by atoms with Gasteiger partial charge < -0.3 is 9.47 Å². The Bertz CT molecular complexity index is 885. The maximum atomic E-state index is 6.31. The fraction of sp³-hybridized carbons (Fsp3) is 0.360. The molecule has 158 valence electrons. The van der Waals surface area contributed by atoms with Gasteiger partial charge in [0.15, 0.2) is 16.7 Å². The topological polar surface area (TPSA) is 44.2 Å². The number of nitrogens with zero attached hydrogens (tertiary/aromatic N) is 2. The van der Waals surface area contributed by atoms with Crippen molar-refractivity contribution in [2.45, 2.75) is 52.1 Å². The zero-order valence-corrected chi connectivity index (χ0v) is 18.3. The Hall–Kier alpha value is -2.59. The lowest BCUT2D eigenvalue weighted by Crippen LogP contribution is -1.99. The Morgan fingerprint density at radius 1 is 0.833 bits per heavy atom. The lowest BCUT2D eigenvalue weighted by atomic mass is 10.1. The molecule has 0 bridgehead atoms. The molecular formula is C25H29ClN2O2. The van der Waals surface area contributed by atoms with Crippen LogP contribution in [0.2, 0.25) is 5.15 Å². The van der Waals surface area contributed by atoms with E-state index in [0.29, 0.717) is 23.3 Å². The van der Waals surface area contributed by atoms with E-state index in [4.69, 9.17) is 21.1 Å². The molecule has 3 aromatic rings. The molecule has 1 aromatic heterocycles. The third-order valence-corrected chi connectivity index (χ3v) is 5.10.